The topological polar surface area (TPSA) is 153 Å². The number of hydrogen-bond donors (Lipinski definition) is 1. The molecule has 0 radical (unpaired) electrons. The molecule has 0 amide bonds. The Morgan fingerprint density at radius 3 is 1.56 bits per heavy atom. The van der Waals surface area contributed by atoms with Gasteiger partial charge in [-0.3, -0.25) is 14.5 Å². The van der Waals surface area contributed by atoms with Crippen molar-refractivity contribution in [2.45, 2.75) is 0 Å². The number of nitrogens with zero attached hydrogens (tertiary/aromatic N) is 5. The fourth-order valence-electron chi connectivity index (χ4n) is 0.537. The average molecular weight is 351 g/mol. The second-order valence-corrected chi connectivity index (χ2v) is 3.61. The molecule has 0 heterocycles. The molecule has 0 saturated heterocycles. The van der Waals surface area contributed by atoms with Gasteiger partial charge in [0.1, 0.15) is 0 Å². The summed E-state index contributed by atoms with van der Waals surface area (Å²) in [6.45, 7) is 0. The van der Waals surface area contributed by atoms with Crippen molar-refractivity contribution in [2.24, 2.45) is 0 Å². The first-order valence-electron chi connectivity index (χ1n) is 3.26. The van der Waals surface area contributed by atoms with Crippen LogP contribution in [0.5, 0.6) is 0 Å². The molecule has 8 nitrogen and oxygen atoms in total. The number of rotatable bonds is 0. The first kappa shape index (κ1) is 16.8. The summed E-state index contributed by atoms with van der Waals surface area (Å²) in [5, 5.41) is 0. The van der Waals surface area contributed by atoms with Gasteiger partial charge in [-0.2, -0.15) is 0 Å². The molecule has 1 N–H and O–H groups in total. The van der Waals surface area contributed by atoms with Crippen molar-refractivity contribution >= 4 is 43.4 Å². The van der Waals surface area contributed by atoms with E-state index in [0.717, 1.165) is 0 Å². The number of carbonyl (C=O) groups is 2. The molecule has 1 rings (SSSR count). The fourth-order valence-corrected chi connectivity index (χ4v) is 1.68. The Balaban J connectivity index is 0. The lowest BCUT2D eigenvalue weighted by Crippen LogP contribution is -2.06. The average Bonchev–Trinajstić information content (AvgIpc) is 2.16. The molecule has 0 aliphatic heterocycles. The summed E-state index contributed by atoms with van der Waals surface area (Å²) in [5.41, 5.74) is 25.8. The van der Waals surface area contributed by atoms with E-state index < -0.39 is 0 Å². The molecule has 0 aromatic rings. The monoisotopic (exact) mass is 349 g/mol. The van der Waals surface area contributed by atoms with Crippen LogP contribution in [0.3, 0.4) is 0 Å². The molecule has 0 fully saturated rings. The van der Waals surface area contributed by atoms with Crippen LogP contribution < -0.4 is 0 Å². The van der Waals surface area contributed by atoms with Crippen LogP contribution >= 0.6 is 31.9 Å². The molecule has 0 aromatic heterocycles. The summed E-state index contributed by atoms with van der Waals surface area (Å²) in [6.07, 6.45) is 2.49. The van der Waals surface area contributed by atoms with Gasteiger partial charge in [0.15, 0.2) is 5.78 Å². The second-order valence-electron chi connectivity index (χ2n) is 1.91. The standard InChI is InChI=1S/C6H2Br2O2.HN3.N3/c7-4-1-3(9)2-5(8)6(4)10;2*1-3-2/h1-2H;1H;/q;;-1. The number of hydrogen-bond acceptors (Lipinski definition) is 3. The molecule has 0 bridgehead atoms. The van der Waals surface area contributed by atoms with E-state index in [1.165, 1.54) is 17.1 Å². The molecule has 10 heteroatoms. The van der Waals surface area contributed by atoms with Gasteiger partial charge < -0.3 is 11.1 Å². The Bertz CT molecular complexity index is 379. The first-order valence-corrected chi connectivity index (χ1v) is 4.85. The van der Waals surface area contributed by atoms with Crippen LogP contribution in [0.4, 0.5) is 0 Å². The zero-order valence-electron chi connectivity index (χ0n) is 7.46. The Kier molecular flexibility index (Phi) is 10.4. The minimum Gasteiger partial charge on any atom is -0.373 e. The summed E-state index contributed by atoms with van der Waals surface area (Å²) in [5.74, 6) is -0.377. The second kappa shape index (κ2) is 9.94. The predicted octanol–water partition coefficient (Wildman–Crippen LogP) is 3.44. The van der Waals surface area contributed by atoms with Gasteiger partial charge in [-0.1, -0.05) is 0 Å². The van der Waals surface area contributed by atoms with E-state index in [1.54, 1.807) is 4.91 Å². The van der Waals surface area contributed by atoms with Gasteiger partial charge in [0.05, 0.1) is 8.96 Å². The maximum absolute atomic E-state index is 10.9. The lowest BCUT2D eigenvalue weighted by molar-refractivity contribution is -0.114. The number of Topliss-reactive ketones (excluding diaryl/α,β-unsaturated/α-hetero) is 1. The van der Waals surface area contributed by atoms with Gasteiger partial charge in [0, 0.05) is 12.2 Å². The van der Waals surface area contributed by atoms with Crippen LogP contribution in [0.15, 0.2) is 21.1 Å². The van der Waals surface area contributed by atoms with Gasteiger partial charge in [-0.15, -0.1) is 5.53 Å². The van der Waals surface area contributed by atoms with E-state index in [0.29, 0.717) is 8.96 Å². The Labute approximate surface area is 106 Å². The molecule has 0 aromatic carbocycles. The summed E-state index contributed by atoms with van der Waals surface area (Å²) >= 11 is 5.91. The highest BCUT2D eigenvalue weighted by Gasteiger charge is 2.16. The van der Waals surface area contributed by atoms with Gasteiger partial charge in [0.25, 0.3) is 0 Å². The first-order chi connectivity index (χ1) is 7.44. The Morgan fingerprint density at radius 2 is 1.31 bits per heavy atom. The highest BCUT2D eigenvalue weighted by Crippen LogP contribution is 2.21. The zero-order valence-corrected chi connectivity index (χ0v) is 10.6. The molecule has 16 heavy (non-hydrogen) atoms. The van der Waals surface area contributed by atoms with Crippen molar-refractivity contribution in [3.63, 3.8) is 0 Å². The van der Waals surface area contributed by atoms with Crippen molar-refractivity contribution in [3.8, 4) is 0 Å². The van der Waals surface area contributed by atoms with Crippen LogP contribution in [0, 0.1) is 5.53 Å². The number of allylic oxidation sites excluding steroid dienone is 4. The Morgan fingerprint density at radius 1 is 1.06 bits per heavy atom. The van der Waals surface area contributed by atoms with E-state index in [-0.39, 0.29) is 11.6 Å². The van der Waals surface area contributed by atoms with Crippen LogP contribution in [-0.2, 0) is 9.59 Å². The van der Waals surface area contributed by atoms with E-state index >= 15 is 0 Å². The third kappa shape index (κ3) is 7.77. The van der Waals surface area contributed by atoms with Crippen molar-refractivity contribution in [2.75, 3.05) is 0 Å². The predicted molar refractivity (Wildman–Crippen MR) is 63.5 cm³/mol. The van der Waals surface area contributed by atoms with E-state index in [2.05, 4.69) is 31.9 Å². The summed E-state index contributed by atoms with van der Waals surface area (Å²) < 4.78 is 0.596. The summed E-state index contributed by atoms with van der Waals surface area (Å²) in [4.78, 5) is 24.8. The largest absolute Gasteiger partial charge is 0.373 e. The maximum Gasteiger partial charge on any atom is 0.207 e. The molecule has 84 valence electrons. The number of ketones is 2. The molecule has 1 aliphatic carbocycles. The molecule has 0 spiro atoms. The lowest BCUT2D eigenvalue weighted by atomic mass is 10.2. The number of carbonyl (C=O) groups excluding carboxylic acids is 2. The maximum atomic E-state index is 10.9. The number of nitrogens with one attached hydrogen (secondary N) is 1. The molecular weight excluding hydrogens is 348 g/mol. The summed E-state index contributed by atoms with van der Waals surface area (Å²) in [6, 6.07) is 0. The van der Waals surface area contributed by atoms with Crippen molar-refractivity contribution in [1.29, 1.82) is 5.53 Å². The quantitative estimate of drug-likeness (QED) is 0.307. The normalized spacial score (nSPS) is 12.6. The van der Waals surface area contributed by atoms with E-state index in [4.69, 9.17) is 22.1 Å². The third-order valence-electron chi connectivity index (χ3n) is 0.972. The van der Waals surface area contributed by atoms with Crippen LogP contribution in [-0.4, -0.2) is 11.6 Å². The minimum absolute atomic E-state index is 0.182. The molecule has 0 unspecified atom stereocenters. The van der Waals surface area contributed by atoms with Crippen molar-refractivity contribution in [3.05, 3.63) is 47.5 Å². The van der Waals surface area contributed by atoms with Crippen LogP contribution in [0.25, 0.3) is 26.4 Å². The van der Waals surface area contributed by atoms with E-state index in [9.17, 15) is 9.59 Å². The number of halogens is 2. The molecule has 0 atom stereocenters. The smallest absolute Gasteiger partial charge is 0.207 e. The van der Waals surface area contributed by atoms with Gasteiger partial charge >= 0.3 is 0 Å². The van der Waals surface area contributed by atoms with Gasteiger partial charge in [-0.25, -0.2) is 0 Å². The highest BCUT2D eigenvalue weighted by atomic mass is 79.9. The van der Waals surface area contributed by atoms with Crippen LogP contribution in [0.1, 0.15) is 0 Å². The van der Waals surface area contributed by atoms with Crippen molar-refractivity contribution in [1.82, 2.24) is 0 Å². The zero-order chi connectivity index (χ0) is 13.1. The lowest BCUT2D eigenvalue weighted by Gasteiger charge is -2.00. The highest BCUT2D eigenvalue weighted by molar-refractivity contribution is 9.13. The molecular formula is C6H3Br2N6O2-. The fraction of sp³-hybridized carbons (Fsp3) is 0. The minimum atomic E-state index is -0.195. The third-order valence-corrected chi connectivity index (χ3v) is 2.15. The van der Waals surface area contributed by atoms with E-state index in [1.807, 2.05) is 0 Å². The SMILES string of the molecule is O=C1C=C(Br)C(=O)C(Br)=C1.[N-]=[N+]=N.[N-]=[N+]=[N-]. The Hall–Kier alpha value is -1.60. The summed E-state index contributed by atoms with van der Waals surface area (Å²) in [7, 11) is 0. The van der Waals surface area contributed by atoms with Crippen molar-refractivity contribution < 1.29 is 9.59 Å². The molecule has 1 aliphatic rings. The van der Waals surface area contributed by atoms with Crippen LogP contribution in [0.2, 0.25) is 0 Å². The molecule has 0 saturated carbocycles. The van der Waals surface area contributed by atoms with Gasteiger partial charge in [0.2, 0.25) is 5.78 Å². The van der Waals surface area contributed by atoms with Gasteiger partial charge in [-0.05, 0) is 42.3 Å².